The van der Waals surface area contributed by atoms with Gasteiger partial charge in [0.2, 0.25) is 11.8 Å². The van der Waals surface area contributed by atoms with E-state index in [9.17, 15) is 14.0 Å². The van der Waals surface area contributed by atoms with Crippen molar-refractivity contribution in [2.24, 2.45) is 0 Å². The number of piperazine rings is 1. The summed E-state index contributed by atoms with van der Waals surface area (Å²) in [6.45, 7) is 5.21. The van der Waals surface area contributed by atoms with Crippen molar-refractivity contribution in [2.45, 2.75) is 19.4 Å². The molecule has 29 heavy (non-hydrogen) atoms. The van der Waals surface area contributed by atoms with Crippen LogP contribution in [0.3, 0.4) is 0 Å². The smallest absolute Gasteiger partial charge is 0.224 e. The summed E-state index contributed by atoms with van der Waals surface area (Å²) in [5.74, 6) is -0.864. The van der Waals surface area contributed by atoms with Crippen LogP contribution in [0.1, 0.15) is 18.4 Å². The van der Waals surface area contributed by atoms with Crippen molar-refractivity contribution in [3.63, 3.8) is 0 Å². The molecule has 1 saturated heterocycles. The van der Waals surface area contributed by atoms with Crippen molar-refractivity contribution in [3.8, 4) is 0 Å². The Morgan fingerprint density at radius 1 is 0.828 bits per heavy atom. The minimum Gasteiger partial charge on any atom is -0.326 e. The number of amides is 2. The number of hydrogen-bond donors (Lipinski definition) is 2. The Hall–Kier alpha value is -2.77. The minimum atomic E-state index is -0.364. The molecule has 2 N–H and O–H groups in total. The van der Waals surface area contributed by atoms with Crippen LogP contribution in [0.25, 0.3) is 0 Å². The molecule has 0 saturated carbocycles. The first-order chi connectivity index (χ1) is 14.0. The summed E-state index contributed by atoms with van der Waals surface area (Å²) in [4.78, 5) is 28.8. The standard InChI is InChI=1S/C22H27FN4O2/c1-26-12-14-27(15-13-26)16-17-2-6-19(7-3-17)24-21(28)10-11-22(29)25-20-8-4-18(23)5-9-20/h2-9H,10-16H2,1H3,(H,24,28)(H,25,29). The van der Waals surface area contributed by atoms with Crippen LogP contribution in [0.15, 0.2) is 48.5 Å². The number of carbonyl (C=O) groups excluding carboxylic acids is 2. The van der Waals surface area contributed by atoms with Gasteiger partial charge in [-0.25, -0.2) is 4.39 Å². The van der Waals surface area contributed by atoms with Crippen LogP contribution < -0.4 is 10.6 Å². The first-order valence-electron chi connectivity index (χ1n) is 9.83. The second kappa shape index (κ2) is 10.1. The van der Waals surface area contributed by atoms with E-state index >= 15 is 0 Å². The largest absolute Gasteiger partial charge is 0.326 e. The van der Waals surface area contributed by atoms with Crippen molar-refractivity contribution in [1.29, 1.82) is 0 Å². The zero-order valence-electron chi connectivity index (χ0n) is 16.7. The Morgan fingerprint density at radius 3 is 1.83 bits per heavy atom. The van der Waals surface area contributed by atoms with E-state index in [1.807, 2.05) is 24.3 Å². The lowest BCUT2D eigenvalue weighted by molar-refractivity contribution is -0.121. The van der Waals surface area contributed by atoms with Gasteiger partial charge in [0.15, 0.2) is 0 Å². The molecule has 2 amide bonds. The highest BCUT2D eigenvalue weighted by Gasteiger charge is 2.14. The SMILES string of the molecule is CN1CCN(Cc2ccc(NC(=O)CCC(=O)Nc3ccc(F)cc3)cc2)CC1. The van der Waals surface area contributed by atoms with E-state index in [1.54, 1.807) is 0 Å². The van der Waals surface area contributed by atoms with Gasteiger partial charge in [0, 0.05) is 56.9 Å². The van der Waals surface area contributed by atoms with E-state index < -0.39 is 0 Å². The molecule has 154 valence electrons. The first-order valence-corrected chi connectivity index (χ1v) is 9.83. The number of nitrogens with zero attached hydrogens (tertiary/aromatic N) is 2. The Bertz CT molecular complexity index is 816. The predicted octanol–water partition coefficient (Wildman–Crippen LogP) is 2.93. The Labute approximate surface area is 170 Å². The van der Waals surface area contributed by atoms with E-state index in [0.717, 1.165) is 38.4 Å². The highest BCUT2D eigenvalue weighted by Crippen LogP contribution is 2.14. The number of rotatable bonds is 7. The van der Waals surface area contributed by atoms with Gasteiger partial charge in [-0.05, 0) is 49.0 Å². The molecule has 1 heterocycles. The molecule has 1 aliphatic rings. The Morgan fingerprint density at radius 2 is 1.31 bits per heavy atom. The van der Waals surface area contributed by atoms with Gasteiger partial charge >= 0.3 is 0 Å². The van der Waals surface area contributed by atoms with Gasteiger partial charge in [-0.1, -0.05) is 12.1 Å². The lowest BCUT2D eigenvalue weighted by Gasteiger charge is -2.32. The predicted molar refractivity (Wildman–Crippen MR) is 112 cm³/mol. The van der Waals surface area contributed by atoms with Crippen LogP contribution in [0, 0.1) is 5.82 Å². The zero-order chi connectivity index (χ0) is 20.6. The molecule has 0 spiro atoms. The summed E-state index contributed by atoms with van der Waals surface area (Å²) in [6.07, 6.45) is 0.140. The average Bonchev–Trinajstić information content (AvgIpc) is 2.71. The Balaban J connectivity index is 1.39. The van der Waals surface area contributed by atoms with E-state index in [4.69, 9.17) is 0 Å². The van der Waals surface area contributed by atoms with Crippen LogP contribution in [-0.2, 0) is 16.1 Å². The molecule has 2 aromatic carbocycles. The van der Waals surface area contributed by atoms with Crippen LogP contribution in [0.4, 0.5) is 15.8 Å². The molecule has 0 aromatic heterocycles. The molecule has 0 radical (unpaired) electrons. The van der Waals surface area contributed by atoms with Gasteiger partial charge in [-0.15, -0.1) is 0 Å². The van der Waals surface area contributed by atoms with Gasteiger partial charge in [-0.3, -0.25) is 14.5 Å². The van der Waals surface area contributed by atoms with Gasteiger partial charge in [0.05, 0.1) is 0 Å². The molecular weight excluding hydrogens is 371 g/mol. The average molecular weight is 398 g/mol. The van der Waals surface area contributed by atoms with E-state index in [0.29, 0.717) is 5.69 Å². The summed E-state index contributed by atoms with van der Waals surface area (Å²) in [5.41, 5.74) is 2.44. The maximum Gasteiger partial charge on any atom is 0.224 e. The number of hydrogen-bond acceptors (Lipinski definition) is 4. The first kappa shape index (κ1) is 21.0. The highest BCUT2D eigenvalue weighted by molar-refractivity contribution is 5.96. The van der Waals surface area contributed by atoms with Gasteiger partial charge in [0.25, 0.3) is 0 Å². The number of likely N-dealkylation sites (N-methyl/N-ethyl adjacent to an activating group) is 1. The van der Waals surface area contributed by atoms with Crippen molar-refractivity contribution in [3.05, 3.63) is 59.9 Å². The lowest BCUT2D eigenvalue weighted by atomic mass is 10.1. The van der Waals surface area contributed by atoms with Crippen molar-refractivity contribution in [2.75, 3.05) is 43.9 Å². The van der Waals surface area contributed by atoms with Gasteiger partial charge in [0.1, 0.15) is 5.82 Å². The molecule has 2 aromatic rings. The maximum absolute atomic E-state index is 12.9. The summed E-state index contributed by atoms with van der Waals surface area (Å²) in [5, 5.41) is 5.46. The number of benzene rings is 2. The topological polar surface area (TPSA) is 64.7 Å². The quantitative estimate of drug-likeness (QED) is 0.753. The van der Waals surface area contributed by atoms with E-state index in [2.05, 4.69) is 27.5 Å². The second-order valence-corrected chi connectivity index (χ2v) is 7.38. The fourth-order valence-electron chi connectivity index (χ4n) is 3.16. The minimum absolute atomic E-state index is 0.0602. The van der Waals surface area contributed by atoms with Crippen LogP contribution in [0.5, 0.6) is 0 Å². The normalized spacial score (nSPS) is 15.1. The number of carbonyl (C=O) groups is 2. The molecular formula is C22H27FN4O2. The fraction of sp³-hybridized carbons (Fsp3) is 0.364. The molecule has 0 aliphatic carbocycles. The van der Waals surface area contributed by atoms with Crippen molar-refractivity contribution in [1.82, 2.24) is 9.80 Å². The number of nitrogens with one attached hydrogen (secondary N) is 2. The third-order valence-electron chi connectivity index (χ3n) is 4.95. The fourth-order valence-corrected chi connectivity index (χ4v) is 3.16. The van der Waals surface area contributed by atoms with E-state index in [1.165, 1.54) is 29.8 Å². The van der Waals surface area contributed by atoms with Crippen molar-refractivity contribution < 1.29 is 14.0 Å². The molecule has 6 nitrogen and oxygen atoms in total. The number of anilines is 2. The highest BCUT2D eigenvalue weighted by atomic mass is 19.1. The summed E-state index contributed by atoms with van der Waals surface area (Å²) in [6, 6.07) is 13.3. The molecule has 0 atom stereocenters. The van der Waals surface area contributed by atoms with Gasteiger partial charge in [-0.2, -0.15) is 0 Å². The second-order valence-electron chi connectivity index (χ2n) is 7.38. The summed E-state index contributed by atoms with van der Waals surface area (Å²) < 4.78 is 12.9. The van der Waals surface area contributed by atoms with Crippen LogP contribution in [0.2, 0.25) is 0 Å². The third kappa shape index (κ3) is 6.96. The lowest BCUT2D eigenvalue weighted by Crippen LogP contribution is -2.43. The zero-order valence-corrected chi connectivity index (χ0v) is 16.7. The van der Waals surface area contributed by atoms with E-state index in [-0.39, 0.29) is 30.5 Å². The molecule has 1 aliphatic heterocycles. The van der Waals surface area contributed by atoms with Gasteiger partial charge < -0.3 is 15.5 Å². The maximum atomic E-state index is 12.9. The molecule has 3 rings (SSSR count). The monoisotopic (exact) mass is 398 g/mol. The third-order valence-corrected chi connectivity index (χ3v) is 4.95. The Kier molecular flexibility index (Phi) is 7.32. The molecule has 1 fully saturated rings. The number of halogens is 1. The summed E-state index contributed by atoms with van der Waals surface area (Å²) in [7, 11) is 2.14. The van der Waals surface area contributed by atoms with Crippen LogP contribution in [-0.4, -0.2) is 54.8 Å². The molecule has 0 unspecified atom stereocenters. The summed E-state index contributed by atoms with van der Waals surface area (Å²) >= 11 is 0. The molecule has 0 bridgehead atoms. The van der Waals surface area contributed by atoms with Crippen molar-refractivity contribution >= 4 is 23.2 Å². The molecule has 7 heteroatoms. The van der Waals surface area contributed by atoms with Crippen LogP contribution >= 0.6 is 0 Å².